The highest BCUT2D eigenvalue weighted by Gasteiger charge is 2.17. The number of carbonyl (C=O) groups excluding carboxylic acids is 1. The van der Waals surface area contributed by atoms with Gasteiger partial charge in [0.15, 0.2) is 0 Å². The van der Waals surface area contributed by atoms with Gasteiger partial charge in [-0.05, 0) is 67.4 Å². The second-order valence-corrected chi connectivity index (χ2v) is 7.98. The zero-order chi connectivity index (χ0) is 23.0. The quantitative estimate of drug-likeness (QED) is 0.505. The van der Waals surface area contributed by atoms with Gasteiger partial charge in [-0.3, -0.25) is 14.2 Å². The highest BCUT2D eigenvalue weighted by Crippen LogP contribution is 2.19. The molecule has 0 bridgehead atoms. The Balaban J connectivity index is 1.84. The number of nitrogens with one attached hydrogen (secondary N) is 1. The molecule has 162 valence electrons. The zero-order valence-corrected chi connectivity index (χ0v) is 18.1. The van der Waals surface area contributed by atoms with Crippen LogP contribution in [0.3, 0.4) is 0 Å². The molecule has 4 aromatic rings. The molecule has 0 saturated heterocycles. The van der Waals surface area contributed by atoms with E-state index in [0.717, 1.165) is 21.8 Å². The SMILES string of the molecule is Cc1cc(C)cc(-n2c(=O)c3ccccc3n(CC(=O)Nc3ccc(Cl)cc3F)c2=O)c1. The summed E-state index contributed by atoms with van der Waals surface area (Å²) in [5.74, 6) is -1.31. The lowest BCUT2D eigenvalue weighted by Crippen LogP contribution is -2.41. The van der Waals surface area contributed by atoms with Gasteiger partial charge in [0.2, 0.25) is 5.91 Å². The van der Waals surface area contributed by atoms with E-state index in [1.807, 2.05) is 19.9 Å². The van der Waals surface area contributed by atoms with Gasteiger partial charge in [-0.15, -0.1) is 0 Å². The van der Waals surface area contributed by atoms with E-state index >= 15 is 0 Å². The first-order valence-corrected chi connectivity index (χ1v) is 10.2. The molecule has 1 N–H and O–H groups in total. The fourth-order valence-corrected chi connectivity index (χ4v) is 3.86. The first kappa shape index (κ1) is 21.5. The van der Waals surface area contributed by atoms with Crippen molar-refractivity contribution in [3.63, 3.8) is 0 Å². The topological polar surface area (TPSA) is 73.1 Å². The van der Waals surface area contributed by atoms with Gasteiger partial charge in [0.25, 0.3) is 5.56 Å². The summed E-state index contributed by atoms with van der Waals surface area (Å²) < 4.78 is 16.3. The molecule has 0 aliphatic rings. The van der Waals surface area contributed by atoms with Crippen LogP contribution in [0.1, 0.15) is 11.1 Å². The highest BCUT2D eigenvalue weighted by atomic mass is 35.5. The maximum atomic E-state index is 14.1. The summed E-state index contributed by atoms with van der Waals surface area (Å²) in [5.41, 5.74) is 1.32. The maximum absolute atomic E-state index is 14.1. The van der Waals surface area contributed by atoms with Crippen LogP contribution in [0.15, 0.2) is 70.3 Å². The lowest BCUT2D eigenvalue weighted by Gasteiger charge is -2.15. The summed E-state index contributed by atoms with van der Waals surface area (Å²) in [5, 5.41) is 2.94. The molecule has 8 heteroatoms. The Morgan fingerprint density at radius 2 is 1.69 bits per heavy atom. The number of nitrogens with zero attached hydrogens (tertiary/aromatic N) is 2. The number of carbonyl (C=O) groups is 1. The third-order valence-corrected chi connectivity index (χ3v) is 5.26. The van der Waals surface area contributed by atoms with Crippen LogP contribution in [0, 0.1) is 19.7 Å². The first-order valence-electron chi connectivity index (χ1n) is 9.83. The molecule has 6 nitrogen and oxygen atoms in total. The molecular weight excluding hydrogens is 433 g/mol. The lowest BCUT2D eigenvalue weighted by molar-refractivity contribution is -0.116. The summed E-state index contributed by atoms with van der Waals surface area (Å²) in [6.45, 7) is 3.33. The number of halogens is 2. The van der Waals surface area contributed by atoms with Gasteiger partial charge in [-0.1, -0.05) is 29.8 Å². The Kier molecular flexibility index (Phi) is 5.67. The van der Waals surface area contributed by atoms with Crippen molar-refractivity contribution >= 4 is 34.1 Å². The molecule has 0 atom stereocenters. The van der Waals surface area contributed by atoms with Crippen molar-refractivity contribution in [3.05, 3.63) is 103 Å². The third-order valence-electron chi connectivity index (χ3n) is 5.02. The predicted octanol–water partition coefficient (Wildman–Crippen LogP) is 4.20. The zero-order valence-electron chi connectivity index (χ0n) is 17.4. The number of benzene rings is 3. The monoisotopic (exact) mass is 451 g/mol. The predicted molar refractivity (Wildman–Crippen MR) is 123 cm³/mol. The molecule has 0 fully saturated rings. The molecular formula is C24H19ClFN3O3. The fourth-order valence-electron chi connectivity index (χ4n) is 3.71. The average molecular weight is 452 g/mol. The Morgan fingerprint density at radius 3 is 2.38 bits per heavy atom. The van der Waals surface area contributed by atoms with Crippen LogP contribution >= 0.6 is 11.6 Å². The Hall–Kier alpha value is -3.71. The normalized spacial score (nSPS) is 11.0. The second kappa shape index (κ2) is 8.43. The van der Waals surface area contributed by atoms with Crippen molar-refractivity contribution in [2.24, 2.45) is 0 Å². The van der Waals surface area contributed by atoms with Gasteiger partial charge in [0, 0.05) is 5.02 Å². The van der Waals surface area contributed by atoms with Crippen molar-refractivity contribution in [3.8, 4) is 5.69 Å². The van der Waals surface area contributed by atoms with E-state index in [1.54, 1.807) is 36.4 Å². The standard InChI is InChI=1S/C24H19ClFN3O3/c1-14-9-15(2)11-17(10-14)29-23(31)18-5-3-4-6-21(18)28(24(29)32)13-22(30)27-20-8-7-16(25)12-19(20)26/h3-12H,13H2,1-2H3,(H,27,30). The molecule has 4 rings (SSSR count). The molecule has 0 aliphatic heterocycles. The van der Waals surface area contributed by atoms with E-state index in [0.29, 0.717) is 11.2 Å². The number of hydrogen-bond donors (Lipinski definition) is 1. The largest absolute Gasteiger partial charge is 0.336 e. The second-order valence-electron chi connectivity index (χ2n) is 7.54. The minimum Gasteiger partial charge on any atom is -0.322 e. The van der Waals surface area contributed by atoms with Crippen molar-refractivity contribution in [1.29, 1.82) is 0 Å². The van der Waals surface area contributed by atoms with Crippen molar-refractivity contribution in [2.75, 3.05) is 5.32 Å². The molecule has 1 amide bonds. The first-order chi connectivity index (χ1) is 15.2. The van der Waals surface area contributed by atoms with E-state index in [2.05, 4.69) is 5.32 Å². The van der Waals surface area contributed by atoms with Gasteiger partial charge in [0.05, 0.1) is 22.3 Å². The fraction of sp³-hybridized carbons (Fsp3) is 0.125. The third kappa shape index (κ3) is 4.07. The summed E-state index contributed by atoms with van der Waals surface area (Å²) in [7, 11) is 0. The smallest absolute Gasteiger partial charge is 0.322 e. The minimum atomic E-state index is -0.691. The molecule has 0 aliphatic carbocycles. The molecule has 1 aromatic heterocycles. The number of anilines is 1. The average Bonchev–Trinajstić information content (AvgIpc) is 2.73. The van der Waals surface area contributed by atoms with E-state index in [4.69, 9.17) is 11.6 Å². The lowest BCUT2D eigenvalue weighted by atomic mass is 10.1. The Bertz CT molecular complexity index is 1470. The Morgan fingerprint density at radius 1 is 1.00 bits per heavy atom. The highest BCUT2D eigenvalue weighted by molar-refractivity contribution is 6.30. The van der Waals surface area contributed by atoms with Gasteiger partial charge in [0.1, 0.15) is 12.4 Å². The summed E-state index contributed by atoms with van der Waals surface area (Å²) in [6, 6.07) is 15.8. The molecule has 0 radical (unpaired) electrons. The van der Waals surface area contributed by atoms with Gasteiger partial charge in [-0.2, -0.15) is 0 Å². The minimum absolute atomic E-state index is 0.0561. The molecule has 1 heterocycles. The van der Waals surface area contributed by atoms with Crippen LogP contribution in [0.2, 0.25) is 5.02 Å². The van der Waals surface area contributed by atoms with Crippen molar-refractivity contribution < 1.29 is 9.18 Å². The number of aromatic nitrogens is 2. The van der Waals surface area contributed by atoms with Crippen LogP contribution < -0.4 is 16.6 Å². The van der Waals surface area contributed by atoms with Gasteiger partial charge in [-0.25, -0.2) is 13.8 Å². The summed E-state index contributed by atoms with van der Waals surface area (Å²) in [4.78, 5) is 39.2. The van der Waals surface area contributed by atoms with Gasteiger partial charge < -0.3 is 5.32 Å². The van der Waals surface area contributed by atoms with Crippen molar-refractivity contribution in [1.82, 2.24) is 9.13 Å². The van der Waals surface area contributed by atoms with E-state index in [1.165, 1.54) is 16.7 Å². The van der Waals surface area contributed by atoms with E-state index in [9.17, 15) is 18.8 Å². The van der Waals surface area contributed by atoms with Crippen LogP contribution in [-0.2, 0) is 11.3 Å². The van der Waals surface area contributed by atoms with Crippen LogP contribution in [0.5, 0.6) is 0 Å². The van der Waals surface area contributed by atoms with E-state index < -0.39 is 29.5 Å². The number of amides is 1. The maximum Gasteiger partial charge on any atom is 0.336 e. The molecule has 0 saturated carbocycles. The van der Waals surface area contributed by atoms with Crippen LogP contribution in [-0.4, -0.2) is 15.0 Å². The molecule has 32 heavy (non-hydrogen) atoms. The van der Waals surface area contributed by atoms with Crippen LogP contribution in [0.25, 0.3) is 16.6 Å². The van der Waals surface area contributed by atoms with E-state index in [-0.39, 0.29) is 16.1 Å². The summed E-state index contributed by atoms with van der Waals surface area (Å²) >= 11 is 5.75. The summed E-state index contributed by atoms with van der Waals surface area (Å²) in [6.07, 6.45) is 0. The Labute approximate surface area is 187 Å². The number of rotatable bonds is 4. The van der Waals surface area contributed by atoms with Gasteiger partial charge >= 0.3 is 5.69 Å². The van der Waals surface area contributed by atoms with Crippen molar-refractivity contribution in [2.45, 2.75) is 20.4 Å². The number of hydrogen-bond acceptors (Lipinski definition) is 3. The number of para-hydroxylation sites is 1. The van der Waals surface area contributed by atoms with Crippen LogP contribution in [0.4, 0.5) is 10.1 Å². The number of aryl methyl sites for hydroxylation is 2. The molecule has 0 unspecified atom stereocenters. The molecule has 3 aromatic carbocycles. The molecule has 0 spiro atoms. The number of fused-ring (bicyclic) bond motifs is 1.